The molecule has 2 aliphatic rings. The quantitative estimate of drug-likeness (QED) is 0.820. The Labute approximate surface area is 152 Å². The highest BCUT2D eigenvalue weighted by Gasteiger charge is 2.34. The number of rotatable bonds is 4. The first-order valence-corrected chi connectivity index (χ1v) is 8.26. The second-order valence-corrected chi connectivity index (χ2v) is 6.31. The van der Waals surface area contributed by atoms with Gasteiger partial charge >= 0.3 is 0 Å². The van der Waals surface area contributed by atoms with Gasteiger partial charge in [-0.3, -0.25) is 4.79 Å². The van der Waals surface area contributed by atoms with Crippen LogP contribution >= 0.6 is 12.4 Å². The maximum absolute atomic E-state index is 12.6. The van der Waals surface area contributed by atoms with Crippen molar-refractivity contribution in [2.75, 3.05) is 18.9 Å². The molecule has 0 bridgehead atoms. The van der Waals surface area contributed by atoms with Gasteiger partial charge < -0.3 is 20.5 Å². The van der Waals surface area contributed by atoms with Crippen LogP contribution in [0.3, 0.4) is 0 Å². The largest absolute Gasteiger partial charge is 0.486 e. The molecule has 4 rings (SSSR count). The number of carbonyl (C=O) groups is 1. The van der Waals surface area contributed by atoms with Gasteiger partial charge in [0, 0.05) is 11.3 Å². The van der Waals surface area contributed by atoms with E-state index in [9.17, 15) is 4.79 Å². The van der Waals surface area contributed by atoms with Crippen LogP contribution in [0.15, 0.2) is 42.5 Å². The summed E-state index contributed by atoms with van der Waals surface area (Å²) in [6.45, 7) is 1.13. The molecule has 3 N–H and O–H groups in total. The van der Waals surface area contributed by atoms with E-state index >= 15 is 0 Å². The first kappa shape index (κ1) is 17.4. The van der Waals surface area contributed by atoms with E-state index in [1.165, 1.54) is 0 Å². The van der Waals surface area contributed by atoms with Gasteiger partial charge in [-0.15, -0.1) is 12.4 Å². The summed E-state index contributed by atoms with van der Waals surface area (Å²) >= 11 is 0. The summed E-state index contributed by atoms with van der Waals surface area (Å²) in [4.78, 5) is 12.6. The molecule has 1 atom stereocenters. The van der Waals surface area contributed by atoms with Crippen LogP contribution in [-0.4, -0.2) is 19.1 Å². The van der Waals surface area contributed by atoms with E-state index in [0.29, 0.717) is 30.4 Å². The lowest BCUT2D eigenvalue weighted by molar-refractivity contribution is 0.0931. The number of carbonyl (C=O) groups excluding carboxylic acids is 1. The van der Waals surface area contributed by atoms with E-state index in [-0.39, 0.29) is 24.4 Å². The van der Waals surface area contributed by atoms with Crippen molar-refractivity contribution in [1.82, 2.24) is 5.32 Å². The van der Waals surface area contributed by atoms with E-state index in [1.807, 2.05) is 18.2 Å². The molecule has 1 amide bonds. The number of hydrogen-bond donors (Lipinski definition) is 2. The van der Waals surface area contributed by atoms with Crippen molar-refractivity contribution in [1.29, 1.82) is 0 Å². The summed E-state index contributed by atoms with van der Waals surface area (Å²) in [7, 11) is 0. The number of hydrogen-bond acceptors (Lipinski definition) is 4. The van der Waals surface area contributed by atoms with Gasteiger partial charge in [0.05, 0.1) is 6.04 Å². The minimum atomic E-state index is -0.0817. The molecule has 1 unspecified atom stereocenters. The van der Waals surface area contributed by atoms with Crippen molar-refractivity contribution in [3.05, 3.63) is 53.6 Å². The Hall–Kier alpha value is -2.40. The van der Waals surface area contributed by atoms with Gasteiger partial charge in [0.2, 0.25) is 0 Å². The number of nitrogens with two attached hydrogens (primary N) is 1. The third kappa shape index (κ3) is 3.82. The van der Waals surface area contributed by atoms with Gasteiger partial charge in [0.1, 0.15) is 13.2 Å². The fourth-order valence-corrected chi connectivity index (χ4v) is 3.02. The van der Waals surface area contributed by atoms with Crippen molar-refractivity contribution >= 4 is 24.0 Å². The summed E-state index contributed by atoms with van der Waals surface area (Å²) in [5.74, 6) is 1.92. The number of ether oxygens (including phenoxy) is 2. The molecule has 2 aromatic rings. The number of benzene rings is 2. The fraction of sp³-hybridized carbons (Fsp3) is 0.316. The zero-order valence-electron chi connectivity index (χ0n) is 13.7. The van der Waals surface area contributed by atoms with E-state index in [4.69, 9.17) is 15.2 Å². The zero-order valence-corrected chi connectivity index (χ0v) is 14.6. The summed E-state index contributed by atoms with van der Waals surface area (Å²) in [6.07, 6.45) is 2.25. The van der Waals surface area contributed by atoms with Gasteiger partial charge in [-0.05, 0) is 60.7 Å². The van der Waals surface area contributed by atoms with E-state index < -0.39 is 0 Å². The summed E-state index contributed by atoms with van der Waals surface area (Å²) in [6, 6.07) is 12.9. The second kappa shape index (κ2) is 7.23. The predicted octanol–water partition coefficient (Wildman–Crippen LogP) is 3.34. The lowest BCUT2D eigenvalue weighted by Gasteiger charge is -2.23. The highest BCUT2D eigenvalue weighted by atomic mass is 35.5. The molecular weight excluding hydrogens is 340 g/mol. The first-order valence-electron chi connectivity index (χ1n) is 8.26. The van der Waals surface area contributed by atoms with Crippen molar-refractivity contribution in [3.8, 4) is 11.5 Å². The monoisotopic (exact) mass is 360 g/mol. The molecule has 1 saturated carbocycles. The molecule has 0 radical (unpaired) electrons. The molecule has 5 nitrogen and oxygen atoms in total. The second-order valence-electron chi connectivity index (χ2n) is 6.31. The van der Waals surface area contributed by atoms with Gasteiger partial charge in [0.25, 0.3) is 5.91 Å². The normalized spacial score (nSPS) is 16.5. The number of halogens is 1. The molecule has 1 fully saturated rings. The maximum atomic E-state index is 12.6. The van der Waals surface area contributed by atoms with Crippen LogP contribution in [0, 0.1) is 5.92 Å². The zero-order chi connectivity index (χ0) is 16.5. The predicted molar refractivity (Wildman–Crippen MR) is 98.5 cm³/mol. The third-order valence-corrected chi connectivity index (χ3v) is 4.48. The molecule has 1 aliphatic carbocycles. The Morgan fingerprint density at radius 3 is 2.40 bits per heavy atom. The highest BCUT2D eigenvalue weighted by Crippen LogP contribution is 2.43. The van der Waals surface area contributed by atoms with E-state index in [0.717, 1.165) is 29.9 Å². The minimum absolute atomic E-state index is 0. The highest BCUT2D eigenvalue weighted by molar-refractivity contribution is 5.94. The fourth-order valence-electron chi connectivity index (χ4n) is 3.02. The number of fused-ring (bicyclic) bond motifs is 1. The molecule has 1 heterocycles. The Bertz CT molecular complexity index is 760. The molecule has 2 aromatic carbocycles. The summed E-state index contributed by atoms with van der Waals surface area (Å²) in [5.41, 5.74) is 8.01. The standard InChI is InChI=1S/C19H20N2O3.ClH/c20-15-6-3-13(4-7-15)19(22)21-18(12-1-2-12)14-5-8-16-17(11-14)24-10-9-23-16;/h3-8,11-12,18H,1-2,9-10,20H2,(H,21,22);1H. The molecule has 6 heteroatoms. The number of amides is 1. The third-order valence-electron chi connectivity index (χ3n) is 4.48. The molecular formula is C19H21ClN2O3. The van der Waals surface area contributed by atoms with Crippen LogP contribution in [0.1, 0.15) is 34.8 Å². The van der Waals surface area contributed by atoms with Gasteiger partial charge in [-0.25, -0.2) is 0 Å². The minimum Gasteiger partial charge on any atom is -0.486 e. The van der Waals surface area contributed by atoms with Crippen molar-refractivity contribution in [2.45, 2.75) is 18.9 Å². The lowest BCUT2D eigenvalue weighted by Crippen LogP contribution is -2.30. The Balaban J connectivity index is 0.00000182. The lowest BCUT2D eigenvalue weighted by atomic mass is 10.0. The van der Waals surface area contributed by atoms with E-state index in [2.05, 4.69) is 5.32 Å². The molecule has 0 aromatic heterocycles. The Morgan fingerprint density at radius 1 is 1.04 bits per heavy atom. The van der Waals surface area contributed by atoms with Crippen LogP contribution in [0.25, 0.3) is 0 Å². The van der Waals surface area contributed by atoms with Crippen LogP contribution in [0.2, 0.25) is 0 Å². The van der Waals surface area contributed by atoms with Crippen molar-refractivity contribution in [2.24, 2.45) is 5.92 Å². The van der Waals surface area contributed by atoms with Gasteiger partial charge in [-0.1, -0.05) is 6.07 Å². The summed E-state index contributed by atoms with van der Waals surface area (Å²) in [5, 5.41) is 3.16. The van der Waals surface area contributed by atoms with Crippen LogP contribution in [0.5, 0.6) is 11.5 Å². The smallest absolute Gasteiger partial charge is 0.251 e. The Kier molecular flexibility index (Phi) is 5.04. The number of nitrogens with one attached hydrogen (secondary N) is 1. The number of anilines is 1. The van der Waals surface area contributed by atoms with Gasteiger partial charge in [-0.2, -0.15) is 0 Å². The van der Waals surface area contributed by atoms with Crippen molar-refractivity contribution in [3.63, 3.8) is 0 Å². The van der Waals surface area contributed by atoms with Gasteiger partial charge in [0.15, 0.2) is 11.5 Å². The average Bonchev–Trinajstić information content (AvgIpc) is 3.44. The molecule has 132 valence electrons. The average molecular weight is 361 g/mol. The van der Waals surface area contributed by atoms with Crippen molar-refractivity contribution < 1.29 is 14.3 Å². The van der Waals surface area contributed by atoms with Crippen LogP contribution < -0.4 is 20.5 Å². The maximum Gasteiger partial charge on any atom is 0.251 e. The summed E-state index contributed by atoms with van der Waals surface area (Å²) < 4.78 is 11.2. The number of nitrogen functional groups attached to an aromatic ring is 1. The molecule has 0 saturated heterocycles. The Morgan fingerprint density at radius 2 is 1.72 bits per heavy atom. The SMILES string of the molecule is Cl.Nc1ccc(C(=O)NC(c2ccc3c(c2)OCCO3)C2CC2)cc1. The molecule has 0 spiro atoms. The molecule has 25 heavy (non-hydrogen) atoms. The van der Waals surface area contributed by atoms with Crippen LogP contribution in [-0.2, 0) is 0 Å². The topological polar surface area (TPSA) is 73.6 Å². The molecule has 1 aliphatic heterocycles. The van der Waals surface area contributed by atoms with E-state index in [1.54, 1.807) is 24.3 Å². The van der Waals surface area contributed by atoms with Crippen LogP contribution in [0.4, 0.5) is 5.69 Å². The first-order chi connectivity index (χ1) is 11.7.